The minimum Gasteiger partial charge on any atom is -0.396 e. The Morgan fingerprint density at radius 3 is 2.31 bits per heavy atom. The highest BCUT2D eigenvalue weighted by atomic mass is 16.3. The zero-order valence-corrected chi connectivity index (χ0v) is 11.5. The lowest BCUT2D eigenvalue weighted by atomic mass is 9.75. The summed E-state index contributed by atoms with van der Waals surface area (Å²) in [5.41, 5.74) is 0.665. The first-order chi connectivity index (χ1) is 7.41. The number of hydrogen-bond acceptors (Lipinski definition) is 2. The number of rotatable bonds is 5. The van der Waals surface area contributed by atoms with Gasteiger partial charge in [0.1, 0.15) is 0 Å². The Balaban J connectivity index is 2.42. The van der Waals surface area contributed by atoms with Gasteiger partial charge in [-0.3, -0.25) is 0 Å². The summed E-state index contributed by atoms with van der Waals surface area (Å²) in [6, 6.07) is 0.657. The minimum atomic E-state index is 0.126. The van der Waals surface area contributed by atoms with Gasteiger partial charge in [0.25, 0.3) is 0 Å². The lowest BCUT2D eigenvalue weighted by Crippen LogP contribution is -2.50. The first kappa shape index (κ1) is 14.0. The highest BCUT2D eigenvalue weighted by Gasteiger charge is 2.30. The first-order valence-electron chi connectivity index (χ1n) is 6.79. The SMILES string of the molecule is CCC(C)(CCO)NC1CCC(C)(C)CC1. The largest absolute Gasteiger partial charge is 0.396 e. The molecule has 0 bridgehead atoms. The van der Waals surface area contributed by atoms with Gasteiger partial charge in [-0.25, -0.2) is 0 Å². The van der Waals surface area contributed by atoms with Crippen LogP contribution in [-0.4, -0.2) is 23.3 Å². The van der Waals surface area contributed by atoms with E-state index in [1.54, 1.807) is 0 Å². The molecule has 1 aliphatic carbocycles. The summed E-state index contributed by atoms with van der Waals surface area (Å²) in [6.07, 6.45) is 7.17. The number of hydrogen-bond donors (Lipinski definition) is 2. The van der Waals surface area contributed by atoms with Gasteiger partial charge in [-0.15, -0.1) is 0 Å². The standard InChI is InChI=1S/C14H29NO/c1-5-14(4,10-11-16)15-12-6-8-13(2,3)9-7-12/h12,15-16H,5-11H2,1-4H3. The molecule has 1 fully saturated rings. The van der Waals surface area contributed by atoms with Crippen molar-refractivity contribution in [1.29, 1.82) is 0 Å². The molecular formula is C14H29NO. The lowest BCUT2D eigenvalue weighted by Gasteiger charge is -2.40. The number of aliphatic hydroxyl groups is 1. The summed E-state index contributed by atoms with van der Waals surface area (Å²) in [4.78, 5) is 0. The smallest absolute Gasteiger partial charge is 0.0448 e. The topological polar surface area (TPSA) is 32.3 Å². The zero-order valence-electron chi connectivity index (χ0n) is 11.5. The fourth-order valence-electron chi connectivity index (χ4n) is 2.63. The molecule has 96 valence electrons. The van der Waals surface area contributed by atoms with Gasteiger partial charge >= 0.3 is 0 Å². The quantitative estimate of drug-likeness (QED) is 0.756. The second-order valence-corrected chi connectivity index (χ2v) is 6.47. The van der Waals surface area contributed by atoms with Crippen LogP contribution in [0.5, 0.6) is 0 Å². The monoisotopic (exact) mass is 227 g/mol. The fraction of sp³-hybridized carbons (Fsp3) is 1.00. The first-order valence-corrected chi connectivity index (χ1v) is 6.79. The highest BCUT2D eigenvalue weighted by Crippen LogP contribution is 2.35. The Bertz CT molecular complexity index is 205. The summed E-state index contributed by atoms with van der Waals surface area (Å²) < 4.78 is 0. The molecule has 0 aromatic carbocycles. The van der Waals surface area contributed by atoms with E-state index in [1.807, 2.05) is 0 Å². The minimum absolute atomic E-state index is 0.126. The van der Waals surface area contributed by atoms with Crippen molar-refractivity contribution in [3.63, 3.8) is 0 Å². The third-order valence-corrected chi connectivity index (χ3v) is 4.34. The highest BCUT2D eigenvalue weighted by molar-refractivity contribution is 4.89. The summed E-state index contributed by atoms with van der Waals surface area (Å²) in [6.45, 7) is 9.47. The van der Waals surface area contributed by atoms with E-state index in [0.717, 1.165) is 12.8 Å². The number of nitrogens with one attached hydrogen (secondary N) is 1. The molecule has 0 radical (unpaired) electrons. The maximum atomic E-state index is 9.11. The molecule has 0 heterocycles. The van der Waals surface area contributed by atoms with E-state index < -0.39 is 0 Å². The molecule has 0 aromatic heterocycles. The van der Waals surface area contributed by atoms with Crippen LogP contribution in [0.25, 0.3) is 0 Å². The van der Waals surface area contributed by atoms with Crippen molar-refractivity contribution >= 4 is 0 Å². The van der Waals surface area contributed by atoms with Crippen LogP contribution < -0.4 is 5.32 Å². The van der Waals surface area contributed by atoms with Crippen molar-refractivity contribution in [2.45, 2.75) is 77.8 Å². The lowest BCUT2D eigenvalue weighted by molar-refractivity contribution is 0.154. The molecule has 16 heavy (non-hydrogen) atoms. The van der Waals surface area contributed by atoms with Crippen LogP contribution in [0.4, 0.5) is 0 Å². The molecule has 2 N–H and O–H groups in total. The van der Waals surface area contributed by atoms with Crippen LogP contribution in [-0.2, 0) is 0 Å². The Hall–Kier alpha value is -0.0800. The third kappa shape index (κ3) is 4.06. The molecule has 1 unspecified atom stereocenters. The van der Waals surface area contributed by atoms with Crippen molar-refractivity contribution in [3.05, 3.63) is 0 Å². The predicted molar refractivity (Wildman–Crippen MR) is 69.6 cm³/mol. The third-order valence-electron chi connectivity index (χ3n) is 4.34. The van der Waals surface area contributed by atoms with Crippen molar-refractivity contribution in [2.75, 3.05) is 6.61 Å². The number of aliphatic hydroxyl groups excluding tert-OH is 1. The predicted octanol–water partition coefficient (Wildman–Crippen LogP) is 3.10. The molecule has 1 saturated carbocycles. The Morgan fingerprint density at radius 1 is 1.31 bits per heavy atom. The van der Waals surface area contributed by atoms with E-state index in [1.165, 1.54) is 25.7 Å². The van der Waals surface area contributed by atoms with Crippen LogP contribution in [0.2, 0.25) is 0 Å². The van der Waals surface area contributed by atoms with Gasteiger partial charge in [0.2, 0.25) is 0 Å². The molecule has 0 saturated heterocycles. The van der Waals surface area contributed by atoms with E-state index in [2.05, 4.69) is 33.0 Å². The molecule has 1 atom stereocenters. The van der Waals surface area contributed by atoms with Crippen molar-refractivity contribution in [2.24, 2.45) is 5.41 Å². The summed E-state index contributed by atoms with van der Waals surface area (Å²) in [5, 5.41) is 12.9. The van der Waals surface area contributed by atoms with E-state index in [9.17, 15) is 0 Å². The van der Waals surface area contributed by atoms with Crippen molar-refractivity contribution in [3.8, 4) is 0 Å². The van der Waals surface area contributed by atoms with Gasteiger partial charge in [0, 0.05) is 18.2 Å². The van der Waals surface area contributed by atoms with Crippen molar-refractivity contribution in [1.82, 2.24) is 5.32 Å². The van der Waals surface area contributed by atoms with Crippen LogP contribution in [0.15, 0.2) is 0 Å². The second-order valence-electron chi connectivity index (χ2n) is 6.47. The van der Waals surface area contributed by atoms with Gasteiger partial charge < -0.3 is 10.4 Å². The summed E-state index contributed by atoms with van der Waals surface area (Å²) in [5.74, 6) is 0. The van der Waals surface area contributed by atoms with Crippen molar-refractivity contribution < 1.29 is 5.11 Å². The van der Waals surface area contributed by atoms with E-state index in [0.29, 0.717) is 11.5 Å². The summed E-state index contributed by atoms with van der Waals surface area (Å²) >= 11 is 0. The Labute approximate surface area is 101 Å². The van der Waals surface area contributed by atoms with Gasteiger partial charge in [0.15, 0.2) is 0 Å². The molecule has 0 amide bonds. The fourth-order valence-corrected chi connectivity index (χ4v) is 2.63. The van der Waals surface area contributed by atoms with E-state index >= 15 is 0 Å². The van der Waals surface area contributed by atoms with Gasteiger partial charge in [0.05, 0.1) is 0 Å². The molecule has 2 nitrogen and oxygen atoms in total. The molecule has 0 aliphatic heterocycles. The maximum absolute atomic E-state index is 9.11. The molecular weight excluding hydrogens is 198 g/mol. The molecule has 1 rings (SSSR count). The molecule has 0 spiro atoms. The van der Waals surface area contributed by atoms with Gasteiger partial charge in [-0.1, -0.05) is 20.8 Å². The van der Waals surface area contributed by atoms with Gasteiger partial charge in [-0.2, -0.15) is 0 Å². The zero-order chi connectivity index (χ0) is 12.2. The molecule has 2 heteroatoms. The van der Waals surface area contributed by atoms with Crippen LogP contribution >= 0.6 is 0 Å². The molecule has 1 aliphatic rings. The Kier molecular flexibility index (Phi) is 4.81. The van der Waals surface area contributed by atoms with Crippen LogP contribution in [0.1, 0.15) is 66.2 Å². The molecule has 0 aromatic rings. The van der Waals surface area contributed by atoms with Crippen LogP contribution in [0, 0.1) is 5.41 Å². The van der Waals surface area contributed by atoms with E-state index in [-0.39, 0.29) is 12.1 Å². The average molecular weight is 227 g/mol. The van der Waals surface area contributed by atoms with Gasteiger partial charge in [-0.05, 0) is 50.9 Å². The van der Waals surface area contributed by atoms with E-state index in [4.69, 9.17) is 5.11 Å². The summed E-state index contributed by atoms with van der Waals surface area (Å²) in [7, 11) is 0. The average Bonchev–Trinajstić information content (AvgIpc) is 2.22. The second kappa shape index (κ2) is 5.50. The normalized spacial score (nSPS) is 25.3. The Morgan fingerprint density at radius 2 is 1.88 bits per heavy atom. The maximum Gasteiger partial charge on any atom is 0.0448 e. The van der Waals surface area contributed by atoms with Crippen LogP contribution in [0.3, 0.4) is 0 Å².